The van der Waals surface area contributed by atoms with Crippen molar-refractivity contribution in [2.24, 2.45) is 0 Å². The van der Waals surface area contributed by atoms with Crippen LogP contribution in [-0.2, 0) is 6.54 Å². The Morgan fingerprint density at radius 3 is 2.18 bits per heavy atom. The lowest BCUT2D eigenvalue weighted by molar-refractivity contribution is 0.0814. The SMILES string of the molecule is O=C(C(=O)c1cn(Cc2ccccc2)nn1)c1ccccc1. The number of ketones is 2. The fourth-order valence-electron chi connectivity index (χ4n) is 2.09. The van der Waals surface area contributed by atoms with Crippen LogP contribution < -0.4 is 0 Å². The predicted molar refractivity (Wildman–Crippen MR) is 80.7 cm³/mol. The largest absolute Gasteiger partial charge is 0.285 e. The van der Waals surface area contributed by atoms with Gasteiger partial charge in [-0.15, -0.1) is 5.10 Å². The molecule has 0 aliphatic carbocycles. The van der Waals surface area contributed by atoms with Crippen LogP contribution in [0.15, 0.2) is 66.9 Å². The smallest absolute Gasteiger partial charge is 0.255 e. The van der Waals surface area contributed by atoms with Gasteiger partial charge >= 0.3 is 0 Å². The predicted octanol–water partition coefficient (Wildman–Crippen LogP) is 2.39. The monoisotopic (exact) mass is 291 g/mol. The molecule has 0 atom stereocenters. The van der Waals surface area contributed by atoms with Gasteiger partial charge in [0.2, 0.25) is 5.78 Å². The highest BCUT2D eigenvalue weighted by Crippen LogP contribution is 2.07. The molecule has 22 heavy (non-hydrogen) atoms. The normalized spacial score (nSPS) is 10.4. The molecule has 108 valence electrons. The number of carbonyl (C=O) groups excluding carboxylic acids is 2. The molecule has 2 aromatic carbocycles. The first-order chi connectivity index (χ1) is 10.7. The Bertz CT molecular complexity index is 795. The number of nitrogens with zero attached hydrogens (tertiary/aromatic N) is 3. The van der Waals surface area contributed by atoms with E-state index >= 15 is 0 Å². The van der Waals surface area contributed by atoms with Gasteiger partial charge in [-0.3, -0.25) is 9.59 Å². The molecule has 0 amide bonds. The zero-order valence-corrected chi connectivity index (χ0v) is 11.7. The van der Waals surface area contributed by atoms with Gasteiger partial charge in [0.1, 0.15) is 0 Å². The van der Waals surface area contributed by atoms with Gasteiger partial charge in [-0.05, 0) is 5.56 Å². The number of aromatic nitrogens is 3. The standard InChI is InChI=1S/C17H13N3O2/c21-16(14-9-5-2-6-10-14)17(22)15-12-20(19-18-15)11-13-7-3-1-4-8-13/h1-10,12H,11H2. The van der Waals surface area contributed by atoms with Gasteiger partial charge < -0.3 is 0 Å². The average molecular weight is 291 g/mol. The van der Waals surface area contributed by atoms with Crippen molar-refractivity contribution in [2.45, 2.75) is 6.54 Å². The lowest BCUT2D eigenvalue weighted by atomic mass is 10.1. The van der Waals surface area contributed by atoms with E-state index in [0.717, 1.165) is 5.56 Å². The summed E-state index contributed by atoms with van der Waals surface area (Å²) < 4.78 is 1.54. The highest BCUT2D eigenvalue weighted by atomic mass is 16.2. The Hall–Kier alpha value is -3.08. The minimum atomic E-state index is -0.648. The molecule has 0 aliphatic rings. The van der Waals surface area contributed by atoms with Crippen LogP contribution in [0.4, 0.5) is 0 Å². The quantitative estimate of drug-likeness (QED) is 0.535. The molecule has 1 heterocycles. The summed E-state index contributed by atoms with van der Waals surface area (Å²) in [7, 11) is 0. The van der Waals surface area contributed by atoms with Crippen molar-refractivity contribution in [1.29, 1.82) is 0 Å². The van der Waals surface area contributed by atoms with Crippen LogP contribution in [0.5, 0.6) is 0 Å². The third kappa shape index (κ3) is 2.98. The van der Waals surface area contributed by atoms with Crippen LogP contribution >= 0.6 is 0 Å². The number of benzene rings is 2. The summed E-state index contributed by atoms with van der Waals surface area (Å²) >= 11 is 0. The highest BCUT2D eigenvalue weighted by molar-refractivity contribution is 6.48. The van der Waals surface area contributed by atoms with E-state index < -0.39 is 11.6 Å². The first-order valence-electron chi connectivity index (χ1n) is 6.82. The van der Waals surface area contributed by atoms with E-state index in [4.69, 9.17) is 0 Å². The lowest BCUT2D eigenvalue weighted by Gasteiger charge is -1.99. The Morgan fingerprint density at radius 2 is 1.50 bits per heavy atom. The first-order valence-corrected chi connectivity index (χ1v) is 6.82. The summed E-state index contributed by atoms with van der Waals surface area (Å²) in [5.41, 5.74) is 1.45. The summed E-state index contributed by atoms with van der Waals surface area (Å²) in [4.78, 5) is 24.2. The Labute approximate surface area is 127 Å². The molecule has 3 rings (SSSR count). The fourth-order valence-corrected chi connectivity index (χ4v) is 2.09. The third-order valence-electron chi connectivity index (χ3n) is 3.20. The fraction of sp³-hybridized carbons (Fsp3) is 0.0588. The van der Waals surface area contributed by atoms with E-state index in [0.29, 0.717) is 12.1 Å². The Morgan fingerprint density at radius 1 is 0.864 bits per heavy atom. The van der Waals surface area contributed by atoms with Gasteiger partial charge in [0, 0.05) is 5.56 Å². The van der Waals surface area contributed by atoms with E-state index in [1.807, 2.05) is 30.3 Å². The zero-order chi connectivity index (χ0) is 15.4. The van der Waals surface area contributed by atoms with Gasteiger partial charge in [-0.25, -0.2) is 4.68 Å². The molecule has 0 bridgehead atoms. The summed E-state index contributed by atoms with van der Waals surface area (Å²) in [6.45, 7) is 0.501. The van der Waals surface area contributed by atoms with Gasteiger partial charge in [0.05, 0.1) is 12.7 Å². The molecule has 0 unspecified atom stereocenters. The van der Waals surface area contributed by atoms with E-state index in [2.05, 4.69) is 10.3 Å². The average Bonchev–Trinajstić information content (AvgIpc) is 3.04. The molecular formula is C17H13N3O2. The van der Waals surface area contributed by atoms with Crippen LogP contribution in [0.25, 0.3) is 0 Å². The second-order valence-corrected chi connectivity index (χ2v) is 4.81. The molecule has 0 saturated carbocycles. The number of carbonyl (C=O) groups is 2. The van der Waals surface area contributed by atoms with E-state index in [-0.39, 0.29) is 5.69 Å². The molecule has 5 nitrogen and oxygen atoms in total. The van der Waals surface area contributed by atoms with Crippen molar-refractivity contribution in [1.82, 2.24) is 15.0 Å². The van der Waals surface area contributed by atoms with Crippen LogP contribution in [-0.4, -0.2) is 26.6 Å². The van der Waals surface area contributed by atoms with Crippen molar-refractivity contribution < 1.29 is 9.59 Å². The van der Waals surface area contributed by atoms with Crippen molar-refractivity contribution in [3.63, 3.8) is 0 Å². The minimum absolute atomic E-state index is 0.0600. The highest BCUT2D eigenvalue weighted by Gasteiger charge is 2.21. The Balaban J connectivity index is 1.76. The summed E-state index contributed by atoms with van der Waals surface area (Å²) in [6.07, 6.45) is 1.50. The lowest BCUT2D eigenvalue weighted by Crippen LogP contribution is -2.14. The molecule has 0 fully saturated rings. The minimum Gasteiger partial charge on any atom is -0.285 e. The van der Waals surface area contributed by atoms with Crippen molar-refractivity contribution in [3.05, 3.63) is 83.7 Å². The van der Waals surface area contributed by atoms with Crippen LogP contribution in [0.3, 0.4) is 0 Å². The van der Waals surface area contributed by atoms with E-state index in [1.54, 1.807) is 35.0 Å². The molecule has 0 aliphatic heterocycles. The maximum Gasteiger partial charge on any atom is 0.255 e. The van der Waals surface area contributed by atoms with Crippen molar-refractivity contribution in [3.8, 4) is 0 Å². The summed E-state index contributed by atoms with van der Waals surface area (Å²) in [6, 6.07) is 18.1. The van der Waals surface area contributed by atoms with E-state index in [9.17, 15) is 9.59 Å². The number of Topliss-reactive ketones (excluding diaryl/α,β-unsaturated/α-hetero) is 2. The van der Waals surface area contributed by atoms with Crippen molar-refractivity contribution in [2.75, 3.05) is 0 Å². The first kappa shape index (κ1) is 13.9. The van der Waals surface area contributed by atoms with Gasteiger partial charge in [-0.2, -0.15) is 0 Å². The summed E-state index contributed by atoms with van der Waals surface area (Å²) in [5, 5.41) is 7.70. The van der Waals surface area contributed by atoms with E-state index in [1.165, 1.54) is 6.20 Å². The topological polar surface area (TPSA) is 64.8 Å². The number of hydrogen-bond donors (Lipinski definition) is 0. The molecule has 0 radical (unpaired) electrons. The molecule has 0 spiro atoms. The Kier molecular flexibility index (Phi) is 3.87. The maximum atomic E-state index is 12.1. The maximum absolute atomic E-state index is 12.1. The third-order valence-corrected chi connectivity index (χ3v) is 3.20. The summed E-state index contributed by atoms with van der Waals surface area (Å²) in [5.74, 6) is -1.22. The van der Waals surface area contributed by atoms with Crippen LogP contribution in [0.1, 0.15) is 26.4 Å². The number of rotatable bonds is 5. The molecule has 0 saturated heterocycles. The van der Waals surface area contributed by atoms with Gasteiger partial charge in [-0.1, -0.05) is 65.9 Å². The van der Waals surface area contributed by atoms with Gasteiger partial charge in [0.25, 0.3) is 5.78 Å². The van der Waals surface area contributed by atoms with Crippen LogP contribution in [0.2, 0.25) is 0 Å². The van der Waals surface area contributed by atoms with Gasteiger partial charge in [0.15, 0.2) is 5.69 Å². The molecule has 3 aromatic rings. The molecular weight excluding hydrogens is 278 g/mol. The molecule has 5 heteroatoms. The second kappa shape index (κ2) is 6.13. The molecule has 0 N–H and O–H groups in total. The second-order valence-electron chi connectivity index (χ2n) is 4.81. The van der Waals surface area contributed by atoms with Crippen LogP contribution in [0, 0.1) is 0 Å². The van der Waals surface area contributed by atoms with Crippen molar-refractivity contribution >= 4 is 11.6 Å². The zero-order valence-electron chi connectivity index (χ0n) is 11.7. The molecule has 1 aromatic heterocycles. The number of hydrogen-bond acceptors (Lipinski definition) is 4.